The maximum absolute atomic E-state index is 11.9. The van der Waals surface area contributed by atoms with E-state index in [1.165, 1.54) is 18.5 Å². The van der Waals surface area contributed by atoms with Gasteiger partial charge in [0.25, 0.3) is 5.91 Å². The standard InChI is InChI=1S/C15H12N2O3/c18-7-1-2-11-3-5-13(6-4-11)17-15(20)12-8-14(19)10-16-9-12/h3-6,8-10,18-19H,7H2,(H,17,20). The number of rotatable bonds is 2. The Balaban J connectivity index is 2.08. The van der Waals surface area contributed by atoms with Crippen LogP contribution in [0.15, 0.2) is 42.7 Å². The first-order valence-electron chi connectivity index (χ1n) is 5.84. The Kier molecular flexibility index (Phi) is 4.32. The molecule has 0 aliphatic rings. The maximum atomic E-state index is 11.9. The molecule has 0 spiro atoms. The first kappa shape index (κ1) is 13.6. The number of aliphatic hydroxyl groups is 1. The van der Waals surface area contributed by atoms with Crippen LogP contribution in [-0.2, 0) is 0 Å². The zero-order valence-corrected chi connectivity index (χ0v) is 10.5. The SMILES string of the molecule is O=C(Nc1ccc(C#CCO)cc1)c1cncc(O)c1. The van der Waals surface area contributed by atoms with Crippen LogP contribution < -0.4 is 5.32 Å². The summed E-state index contributed by atoms with van der Waals surface area (Å²) in [7, 11) is 0. The number of nitrogens with zero attached hydrogens (tertiary/aromatic N) is 1. The van der Waals surface area contributed by atoms with Gasteiger partial charge in [-0.1, -0.05) is 11.8 Å². The minimum atomic E-state index is -0.359. The minimum absolute atomic E-state index is 0.0627. The molecule has 0 bridgehead atoms. The molecule has 1 amide bonds. The quantitative estimate of drug-likeness (QED) is 0.719. The Hall–Kier alpha value is -2.84. The molecule has 0 saturated heterocycles. The molecule has 0 aliphatic carbocycles. The van der Waals surface area contributed by atoms with E-state index in [1.807, 2.05) is 0 Å². The second-order valence-corrected chi connectivity index (χ2v) is 3.92. The van der Waals surface area contributed by atoms with E-state index in [0.717, 1.165) is 5.56 Å². The smallest absolute Gasteiger partial charge is 0.257 e. The first-order valence-corrected chi connectivity index (χ1v) is 5.84. The van der Waals surface area contributed by atoms with Gasteiger partial charge in [0.1, 0.15) is 12.4 Å². The molecule has 5 heteroatoms. The number of aromatic hydroxyl groups is 1. The van der Waals surface area contributed by atoms with Crippen molar-refractivity contribution in [3.05, 3.63) is 53.9 Å². The second kappa shape index (κ2) is 6.36. The van der Waals surface area contributed by atoms with E-state index in [9.17, 15) is 9.90 Å². The number of carbonyl (C=O) groups excluding carboxylic acids is 1. The molecule has 2 aromatic rings. The van der Waals surface area contributed by atoms with Gasteiger partial charge in [0.15, 0.2) is 0 Å². The minimum Gasteiger partial charge on any atom is -0.506 e. The normalized spacial score (nSPS) is 9.45. The number of pyridine rings is 1. The maximum Gasteiger partial charge on any atom is 0.257 e. The fourth-order valence-electron chi connectivity index (χ4n) is 1.53. The van der Waals surface area contributed by atoms with Crippen molar-refractivity contribution in [1.29, 1.82) is 0 Å². The summed E-state index contributed by atoms with van der Waals surface area (Å²) >= 11 is 0. The van der Waals surface area contributed by atoms with Gasteiger partial charge in [0, 0.05) is 17.4 Å². The monoisotopic (exact) mass is 268 g/mol. The number of anilines is 1. The molecule has 20 heavy (non-hydrogen) atoms. The van der Waals surface area contributed by atoms with Gasteiger partial charge in [0.2, 0.25) is 0 Å². The molecule has 0 aliphatic heterocycles. The highest BCUT2D eigenvalue weighted by atomic mass is 16.3. The van der Waals surface area contributed by atoms with Crippen molar-refractivity contribution in [1.82, 2.24) is 4.98 Å². The summed E-state index contributed by atoms with van der Waals surface area (Å²) in [6.45, 7) is -0.191. The highest BCUT2D eigenvalue weighted by molar-refractivity contribution is 6.04. The zero-order valence-electron chi connectivity index (χ0n) is 10.5. The average molecular weight is 268 g/mol. The fourth-order valence-corrected chi connectivity index (χ4v) is 1.53. The lowest BCUT2D eigenvalue weighted by Crippen LogP contribution is -2.11. The van der Waals surface area contributed by atoms with Gasteiger partial charge >= 0.3 is 0 Å². The van der Waals surface area contributed by atoms with E-state index in [-0.39, 0.29) is 23.8 Å². The molecular weight excluding hydrogens is 256 g/mol. The lowest BCUT2D eigenvalue weighted by molar-refractivity contribution is 0.102. The lowest BCUT2D eigenvalue weighted by atomic mass is 10.2. The van der Waals surface area contributed by atoms with Crippen molar-refractivity contribution >= 4 is 11.6 Å². The summed E-state index contributed by atoms with van der Waals surface area (Å²) < 4.78 is 0. The highest BCUT2D eigenvalue weighted by Gasteiger charge is 2.07. The predicted octanol–water partition coefficient (Wildman–Crippen LogP) is 1.38. The van der Waals surface area contributed by atoms with Crippen LogP contribution in [0.5, 0.6) is 5.75 Å². The van der Waals surface area contributed by atoms with Gasteiger partial charge in [-0.05, 0) is 30.3 Å². The number of hydrogen-bond acceptors (Lipinski definition) is 4. The van der Waals surface area contributed by atoms with E-state index >= 15 is 0 Å². The first-order chi connectivity index (χ1) is 9.69. The molecular formula is C15H12N2O3. The van der Waals surface area contributed by atoms with Crippen LogP contribution >= 0.6 is 0 Å². The molecule has 0 fully saturated rings. The van der Waals surface area contributed by atoms with E-state index in [1.54, 1.807) is 24.3 Å². The molecule has 0 unspecified atom stereocenters. The molecule has 2 rings (SSSR count). The van der Waals surface area contributed by atoms with Crippen LogP contribution in [0, 0.1) is 11.8 Å². The van der Waals surface area contributed by atoms with Gasteiger partial charge in [-0.15, -0.1) is 0 Å². The highest BCUT2D eigenvalue weighted by Crippen LogP contribution is 2.13. The van der Waals surface area contributed by atoms with Crippen LogP contribution in [0.25, 0.3) is 0 Å². The third-order valence-electron chi connectivity index (χ3n) is 2.44. The zero-order chi connectivity index (χ0) is 14.4. The third kappa shape index (κ3) is 3.57. The van der Waals surface area contributed by atoms with E-state index < -0.39 is 0 Å². The Bertz CT molecular complexity index is 670. The number of nitrogens with one attached hydrogen (secondary N) is 1. The number of hydrogen-bond donors (Lipinski definition) is 3. The molecule has 1 aromatic heterocycles. The summed E-state index contributed by atoms with van der Waals surface area (Å²) in [5.74, 6) is 4.88. The van der Waals surface area contributed by atoms with Gasteiger partial charge in [0.05, 0.1) is 11.8 Å². The average Bonchev–Trinajstić information content (AvgIpc) is 2.46. The van der Waals surface area contributed by atoms with Crippen LogP contribution in [0.3, 0.4) is 0 Å². The third-order valence-corrected chi connectivity index (χ3v) is 2.44. The molecule has 1 heterocycles. The van der Waals surface area contributed by atoms with Crippen molar-refractivity contribution in [3.63, 3.8) is 0 Å². The molecule has 0 saturated carbocycles. The summed E-state index contributed by atoms with van der Waals surface area (Å²) in [5.41, 5.74) is 1.62. The van der Waals surface area contributed by atoms with E-state index in [2.05, 4.69) is 22.1 Å². The van der Waals surface area contributed by atoms with Crippen LogP contribution in [-0.4, -0.2) is 27.7 Å². The van der Waals surface area contributed by atoms with Crippen molar-refractivity contribution < 1.29 is 15.0 Å². The molecule has 5 nitrogen and oxygen atoms in total. The van der Waals surface area contributed by atoms with Gasteiger partial charge in [-0.2, -0.15) is 0 Å². The molecule has 3 N–H and O–H groups in total. The van der Waals surface area contributed by atoms with Crippen molar-refractivity contribution in [3.8, 4) is 17.6 Å². The Morgan fingerprint density at radius 1 is 1.25 bits per heavy atom. The Morgan fingerprint density at radius 3 is 2.65 bits per heavy atom. The van der Waals surface area contributed by atoms with Crippen molar-refractivity contribution in [2.75, 3.05) is 11.9 Å². The van der Waals surface area contributed by atoms with Crippen LogP contribution in [0.1, 0.15) is 15.9 Å². The van der Waals surface area contributed by atoms with E-state index in [4.69, 9.17) is 5.11 Å². The largest absolute Gasteiger partial charge is 0.506 e. The molecule has 0 atom stereocenters. The number of benzene rings is 1. The number of aromatic nitrogens is 1. The summed E-state index contributed by atoms with van der Waals surface area (Å²) in [5, 5.41) is 20.5. The van der Waals surface area contributed by atoms with Crippen molar-refractivity contribution in [2.45, 2.75) is 0 Å². The second-order valence-electron chi connectivity index (χ2n) is 3.92. The van der Waals surface area contributed by atoms with Gasteiger partial charge in [-0.3, -0.25) is 9.78 Å². The topological polar surface area (TPSA) is 82.5 Å². The molecule has 1 aromatic carbocycles. The molecule has 100 valence electrons. The van der Waals surface area contributed by atoms with Crippen LogP contribution in [0.2, 0.25) is 0 Å². The van der Waals surface area contributed by atoms with Gasteiger partial charge < -0.3 is 15.5 Å². The summed E-state index contributed by atoms with van der Waals surface area (Å²) in [6, 6.07) is 8.21. The van der Waals surface area contributed by atoms with Gasteiger partial charge in [-0.25, -0.2) is 0 Å². The Morgan fingerprint density at radius 2 is 2.00 bits per heavy atom. The Labute approximate surface area is 115 Å². The van der Waals surface area contributed by atoms with Crippen LogP contribution in [0.4, 0.5) is 5.69 Å². The summed E-state index contributed by atoms with van der Waals surface area (Å²) in [6.07, 6.45) is 2.63. The predicted molar refractivity (Wildman–Crippen MR) is 74.3 cm³/mol. The lowest BCUT2D eigenvalue weighted by Gasteiger charge is -2.05. The van der Waals surface area contributed by atoms with Crippen molar-refractivity contribution in [2.24, 2.45) is 0 Å². The number of aliphatic hydroxyl groups excluding tert-OH is 1. The number of amides is 1. The van der Waals surface area contributed by atoms with E-state index in [0.29, 0.717) is 5.69 Å². The molecule has 0 radical (unpaired) electrons. The fraction of sp³-hybridized carbons (Fsp3) is 0.0667. The summed E-state index contributed by atoms with van der Waals surface area (Å²) in [4.78, 5) is 15.6. The number of carbonyl (C=O) groups is 1.